The van der Waals surface area contributed by atoms with Gasteiger partial charge in [-0.2, -0.15) is 0 Å². The topological polar surface area (TPSA) is 77.4 Å². The Kier molecular flexibility index (Phi) is 2.95. The molecule has 2 atom stereocenters. The van der Waals surface area contributed by atoms with Crippen molar-refractivity contribution < 1.29 is 10.2 Å². The minimum atomic E-state index is -0.813. The quantitative estimate of drug-likeness (QED) is 0.549. The Morgan fingerprint density at radius 1 is 1.60 bits per heavy atom. The normalized spacial score (nSPS) is 21.1. The molecule has 0 amide bonds. The largest absolute Gasteiger partial charge is 0.394 e. The second-order valence-corrected chi connectivity index (χ2v) is 3.80. The minimum Gasteiger partial charge on any atom is -0.394 e. The molecule has 5 nitrogen and oxygen atoms in total. The number of nitrogens with zero attached hydrogens (tertiary/aromatic N) is 1. The number of rotatable bonds is 2. The lowest BCUT2D eigenvalue weighted by Crippen LogP contribution is -2.44. The molecule has 6 heteroatoms. The van der Waals surface area contributed by atoms with Gasteiger partial charge in [-0.15, -0.1) is 0 Å². The number of anilines is 2. The molecule has 0 fully saturated rings. The number of nitrogens with one attached hydrogen (secondary N) is 2. The maximum absolute atomic E-state index is 9.46. The summed E-state index contributed by atoms with van der Waals surface area (Å²) in [6.45, 7) is 0.257. The predicted octanol–water partition coefficient (Wildman–Crippen LogP) is 0.294. The van der Waals surface area contributed by atoms with Crippen LogP contribution in [-0.2, 0) is 0 Å². The molecular formula is C9H12ClN3O2. The van der Waals surface area contributed by atoms with Gasteiger partial charge in [-0.05, 0) is 12.1 Å². The number of pyridine rings is 1. The number of aliphatic hydroxyl groups excluding tert-OH is 2. The minimum absolute atomic E-state index is 0.256. The summed E-state index contributed by atoms with van der Waals surface area (Å²) in [6, 6.07) is 3.25. The molecule has 2 rings (SSSR count). The van der Waals surface area contributed by atoms with E-state index in [0.29, 0.717) is 17.5 Å². The van der Waals surface area contributed by atoms with E-state index in [2.05, 4.69) is 15.6 Å². The van der Waals surface area contributed by atoms with Gasteiger partial charge in [-0.25, -0.2) is 4.98 Å². The van der Waals surface area contributed by atoms with E-state index < -0.39 is 6.10 Å². The number of hydrogen-bond donors (Lipinski definition) is 4. The summed E-state index contributed by atoms with van der Waals surface area (Å²) in [5.41, 5.74) is 0.848. The zero-order chi connectivity index (χ0) is 10.8. The van der Waals surface area contributed by atoms with Gasteiger partial charge in [0.15, 0.2) is 5.82 Å². The molecule has 1 aliphatic heterocycles. The summed E-state index contributed by atoms with van der Waals surface area (Å²) in [7, 11) is 0. The van der Waals surface area contributed by atoms with Crippen molar-refractivity contribution in [2.45, 2.75) is 12.1 Å². The Balaban J connectivity index is 2.18. The van der Waals surface area contributed by atoms with Gasteiger partial charge in [0.1, 0.15) is 5.15 Å². The van der Waals surface area contributed by atoms with Crippen LogP contribution in [0.25, 0.3) is 0 Å². The van der Waals surface area contributed by atoms with Crippen molar-refractivity contribution in [1.82, 2.24) is 4.98 Å². The predicted molar refractivity (Wildman–Crippen MR) is 58.2 cm³/mol. The number of aliphatic hydroxyl groups is 2. The van der Waals surface area contributed by atoms with Crippen molar-refractivity contribution in [2.75, 3.05) is 23.8 Å². The van der Waals surface area contributed by atoms with E-state index >= 15 is 0 Å². The fraction of sp³-hybridized carbons (Fsp3) is 0.444. The summed E-state index contributed by atoms with van der Waals surface area (Å²) < 4.78 is 0. The van der Waals surface area contributed by atoms with Crippen molar-refractivity contribution in [2.24, 2.45) is 0 Å². The Labute approximate surface area is 92.1 Å². The van der Waals surface area contributed by atoms with Crippen LogP contribution in [0.3, 0.4) is 0 Å². The van der Waals surface area contributed by atoms with Crippen LogP contribution in [0.2, 0.25) is 5.15 Å². The first-order valence-electron chi connectivity index (χ1n) is 4.66. The van der Waals surface area contributed by atoms with Crippen LogP contribution in [0, 0.1) is 0 Å². The van der Waals surface area contributed by atoms with Crippen LogP contribution in [-0.4, -0.2) is 40.5 Å². The van der Waals surface area contributed by atoms with Gasteiger partial charge in [0, 0.05) is 6.54 Å². The third kappa shape index (κ3) is 2.14. The van der Waals surface area contributed by atoms with Gasteiger partial charge in [0.2, 0.25) is 0 Å². The molecule has 1 aromatic rings. The monoisotopic (exact) mass is 229 g/mol. The van der Waals surface area contributed by atoms with Gasteiger partial charge in [0.25, 0.3) is 0 Å². The van der Waals surface area contributed by atoms with E-state index in [1.807, 2.05) is 6.07 Å². The van der Waals surface area contributed by atoms with E-state index in [1.165, 1.54) is 0 Å². The van der Waals surface area contributed by atoms with Gasteiger partial charge in [0.05, 0.1) is 24.4 Å². The summed E-state index contributed by atoms with van der Waals surface area (Å²) in [6.07, 6.45) is -0.813. The Morgan fingerprint density at radius 3 is 3.13 bits per heavy atom. The van der Waals surface area contributed by atoms with Crippen LogP contribution in [0.5, 0.6) is 0 Å². The lowest BCUT2D eigenvalue weighted by Gasteiger charge is -2.29. The molecule has 1 aliphatic rings. The van der Waals surface area contributed by atoms with Crippen molar-refractivity contribution >= 4 is 23.1 Å². The molecule has 0 aromatic carbocycles. The second-order valence-electron chi connectivity index (χ2n) is 3.41. The molecule has 4 N–H and O–H groups in total. The maximum atomic E-state index is 9.46. The first-order chi connectivity index (χ1) is 7.20. The highest BCUT2D eigenvalue weighted by Gasteiger charge is 2.24. The molecule has 0 aliphatic carbocycles. The highest BCUT2D eigenvalue weighted by molar-refractivity contribution is 6.29. The number of aromatic nitrogens is 1. The highest BCUT2D eigenvalue weighted by Crippen LogP contribution is 2.26. The highest BCUT2D eigenvalue weighted by atomic mass is 35.5. The van der Waals surface area contributed by atoms with E-state index in [4.69, 9.17) is 16.7 Å². The number of halogens is 1. The Morgan fingerprint density at radius 2 is 2.40 bits per heavy atom. The second kappa shape index (κ2) is 4.22. The van der Waals surface area contributed by atoms with Crippen molar-refractivity contribution in [1.29, 1.82) is 0 Å². The summed E-state index contributed by atoms with van der Waals surface area (Å²) >= 11 is 5.75. The molecule has 82 valence electrons. The van der Waals surface area contributed by atoms with Crippen molar-refractivity contribution in [3.63, 3.8) is 0 Å². The van der Waals surface area contributed by atoms with Crippen molar-refractivity contribution in [3.8, 4) is 0 Å². The average Bonchev–Trinajstić information content (AvgIpc) is 2.27. The average molecular weight is 230 g/mol. The van der Waals surface area contributed by atoms with Crippen LogP contribution in [0.15, 0.2) is 12.1 Å². The maximum Gasteiger partial charge on any atom is 0.151 e. The summed E-state index contributed by atoms with van der Waals surface area (Å²) in [4.78, 5) is 4.08. The fourth-order valence-corrected chi connectivity index (χ4v) is 1.64. The van der Waals surface area contributed by atoms with Gasteiger partial charge in [-0.3, -0.25) is 0 Å². The Bertz CT molecular complexity index is 361. The van der Waals surface area contributed by atoms with E-state index in [-0.39, 0.29) is 12.6 Å². The third-order valence-corrected chi connectivity index (χ3v) is 2.56. The molecule has 0 saturated heterocycles. The van der Waals surface area contributed by atoms with E-state index in [9.17, 15) is 5.11 Å². The molecule has 0 radical (unpaired) electrons. The Hall–Kier alpha value is -1.04. The molecule has 2 heterocycles. The molecule has 0 spiro atoms. The smallest absolute Gasteiger partial charge is 0.151 e. The molecule has 1 aromatic heterocycles. The van der Waals surface area contributed by atoms with Gasteiger partial charge < -0.3 is 20.8 Å². The van der Waals surface area contributed by atoms with Crippen molar-refractivity contribution in [3.05, 3.63) is 17.3 Å². The summed E-state index contributed by atoms with van der Waals surface area (Å²) in [5.74, 6) is 0.603. The van der Waals surface area contributed by atoms with Crippen LogP contribution < -0.4 is 10.6 Å². The molecular weight excluding hydrogens is 218 g/mol. The van der Waals surface area contributed by atoms with Crippen LogP contribution >= 0.6 is 11.6 Å². The summed E-state index contributed by atoms with van der Waals surface area (Å²) in [5, 5.41) is 24.8. The standard InChI is InChI=1S/C9H12ClN3O2/c10-8-2-1-5-9(13-8)12-6(3-11-5)7(15)4-14/h1-2,6-7,11,14-15H,3-4H2,(H,12,13)/t6?,7-/m1/s1. The van der Waals surface area contributed by atoms with Crippen LogP contribution in [0.4, 0.5) is 11.5 Å². The lowest BCUT2D eigenvalue weighted by atomic mass is 10.1. The zero-order valence-corrected chi connectivity index (χ0v) is 8.70. The molecule has 0 bridgehead atoms. The van der Waals surface area contributed by atoms with E-state index in [1.54, 1.807) is 6.07 Å². The van der Waals surface area contributed by atoms with Gasteiger partial charge in [-0.1, -0.05) is 11.6 Å². The van der Waals surface area contributed by atoms with E-state index in [0.717, 1.165) is 5.69 Å². The van der Waals surface area contributed by atoms with Gasteiger partial charge >= 0.3 is 0 Å². The lowest BCUT2D eigenvalue weighted by molar-refractivity contribution is 0.0819. The fourth-order valence-electron chi connectivity index (χ4n) is 1.49. The number of hydrogen-bond acceptors (Lipinski definition) is 5. The molecule has 1 unspecified atom stereocenters. The molecule has 0 saturated carbocycles. The first kappa shape index (κ1) is 10.5. The zero-order valence-electron chi connectivity index (χ0n) is 7.94. The molecule has 15 heavy (non-hydrogen) atoms. The first-order valence-corrected chi connectivity index (χ1v) is 5.04. The third-order valence-electron chi connectivity index (χ3n) is 2.35. The number of fused-ring (bicyclic) bond motifs is 1. The SMILES string of the molecule is OC[C@@H](O)C1CNc2ccc(Cl)nc2N1. The van der Waals surface area contributed by atoms with Crippen LogP contribution in [0.1, 0.15) is 0 Å².